The third kappa shape index (κ3) is 5.40. The van der Waals surface area contributed by atoms with Gasteiger partial charge in [-0.15, -0.1) is 0 Å². The van der Waals surface area contributed by atoms with E-state index >= 15 is 0 Å². The zero-order valence-electron chi connectivity index (χ0n) is 17.3. The topological polar surface area (TPSA) is 18.5 Å². The Morgan fingerprint density at radius 2 is 1.35 bits per heavy atom. The molecular weight excluding hydrogens is 387 g/mol. The van der Waals surface area contributed by atoms with Gasteiger partial charge in [0, 0.05) is 11.1 Å². The normalized spacial score (nSPS) is 13.7. The molecule has 0 aliphatic carbocycles. The molecule has 1 aliphatic heterocycles. The highest BCUT2D eigenvalue weighted by Crippen LogP contribution is 2.32. The van der Waals surface area contributed by atoms with E-state index in [0.717, 1.165) is 39.5 Å². The van der Waals surface area contributed by atoms with E-state index in [9.17, 15) is 4.39 Å². The van der Waals surface area contributed by atoms with Crippen LogP contribution in [-0.4, -0.2) is 7.11 Å². The molecule has 4 rings (SSSR count). The maximum atomic E-state index is 13.1. The van der Waals surface area contributed by atoms with Crippen LogP contribution >= 0.6 is 0 Å². The molecular formula is C28H23FO2. The van der Waals surface area contributed by atoms with E-state index in [1.54, 1.807) is 19.2 Å². The van der Waals surface area contributed by atoms with Gasteiger partial charge in [-0.2, -0.15) is 0 Å². The smallest absolute Gasteiger partial charge is 0.135 e. The van der Waals surface area contributed by atoms with Crippen LogP contribution in [0.15, 0.2) is 121 Å². The lowest BCUT2D eigenvalue weighted by Gasteiger charge is -2.19. The van der Waals surface area contributed by atoms with Crippen molar-refractivity contribution in [2.75, 3.05) is 7.11 Å². The van der Waals surface area contributed by atoms with Crippen LogP contribution in [-0.2, 0) is 15.9 Å². The van der Waals surface area contributed by atoms with Gasteiger partial charge in [0.2, 0.25) is 0 Å². The quantitative estimate of drug-likeness (QED) is 0.410. The van der Waals surface area contributed by atoms with Gasteiger partial charge in [0.1, 0.15) is 23.1 Å². The number of methoxy groups -OCH3 is 1. The summed E-state index contributed by atoms with van der Waals surface area (Å²) in [6.45, 7) is 0. The first-order valence-corrected chi connectivity index (χ1v) is 10.1. The number of hydrogen-bond acceptors (Lipinski definition) is 2. The maximum absolute atomic E-state index is 13.1. The lowest BCUT2D eigenvalue weighted by atomic mass is 10.0. The predicted octanol–water partition coefficient (Wildman–Crippen LogP) is 6.94. The molecule has 3 heteroatoms. The van der Waals surface area contributed by atoms with Gasteiger partial charge in [-0.1, -0.05) is 72.8 Å². The molecule has 154 valence electrons. The van der Waals surface area contributed by atoms with Gasteiger partial charge in [-0.05, 0) is 54.0 Å². The summed E-state index contributed by atoms with van der Waals surface area (Å²) < 4.78 is 25.0. The van der Waals surface area contributed by atoms with Crippen LogP contribution < -0.4 is 0 Å². The molecule has 1 heterocycles. The predicted molar refractivity (Wildman–Crippen MR) is 123 cm³/mol. The number of halogens is 1. The van der Waals surface area contributed by atoms with Crippen molar-refractivity contribution in [1.29, 1.82) is 0 Å². The van der Waals surface area contributed by atoms with Crippen LogP contribution in [0.5, 0.6) is 0 Å². The molecule has 0 saturated carbocycles. The van der Waals surface area contributed by atoms with Gasteiger partial charge in [0.05, 0.1) is 7.11 Å². The molecule has 0 fully saturated rings. The van der Waals surface area contributed by atoms with E-state index in [1.165, 1.54) is 12.1 Å². The van der Waals surface area contributed by atoms with Crippen molar-refractivity contribution in [1.82, 2.24) is 0 Å². The largest absolute Gasteiger partial charge is 0.497 e. The molecule has 0 bridgehead atoms. The van der Waals surface area contributed by atoms with E-state index in [4.69, 9.17) is 9.47 Å². The van der Waals surface area contributed by atoms with Crippen LogP contribution in [0.3, 0.4) is 0 Å². The van der Waals surface area contributed by atoms with Crippen molar-refractivity contribution in [3.05, 3.63) is 143 Å². The standard InChI is InChI=1S/C28H23FO2/c1-30-26(17-14-21-12-15-25(29)16-13-21)18-22-19-27(23-8-4-2-5-9-23)31-28(20-22)24-10-6-3-7-11-24/h2-13,15-20H,14H2,1H3/b26-17-. The van der Waals surface area contributed by atoms with Gasteiger partial charge >= 0.3 is 0 Å². The third-order valence-electron chi connectivity index (χ3n) is 4.93. The second kappa shape index (κ2) is 9.77. The second-order valence-electron chi connectivity index (χ2n) is 7.14. The number of ether oxygens (including phenoxy) is 2. The minimum atomic E-state index is -0.235. The highest BCUT2D eigenvalue weighted by molar-refractivity contribution is 5.77. The molecule has 0 spiro atoms. The van der Waals surface area contributed by atoms with Crippen LogP contribution in [0.1, 0.15) is 16.7 Å². The van der Waals surface area contributed by atoms with E-state index < -0.39 is 0 Å². The minimum absolute atomic E-state index is 0.235. The maximum Gasteiger partial charge on any atom is 0.135 e. The SMILES string of the molecule is CO/C(C=C1C=C(c2ccccc2)OC(c2ccccc2)=C1)=C\Cc1ccc(F)cc1. The Morgan fingerprint density at radius 3 is 1.87 bits per heavy atom. The Morgan fingerprint density at radius 1 is 0.806 bits per heavy atom. The number of allylic oxidation sites excluding steroid dienone is 5. The summed E-state index contributed by atoms with van der Waals surface area (Å²) in [5.74, 6) is 2.05. The number of rotatable bonds is 6. The Balaban J connectivity index is 1.67. The molecule has 0 saturated heterocycles. The van der Waals surface area contributed by atoms with E-state index in [-0.39, 0.29) is 5.82 Å². The Labute approximate surface area is 182 Å². The molecule has 0 unspecified atom stereocenters. The zero-order valence-corrected chi connectivity index (χ0v) is 17.3. The first kappa shape index (κ1) is 20.4. The van der Waals surface area contributed by atoms with Crippen LogP contribution in [0.2, 0.25) is 0 Å². The van der Waals surface area contributed by atoms with Crippen molar-refractivity contribution in [3.8, 4) is 0 Å². The van der Waals surface area contributed by atoms with Gasteiger partial charge < -0.3 is 9.47 Å². The number of hydrogen-bond donors (Lipinski definition) is 0. The van der Waals surface area contributed by atoms with Gasteiger partial charge in [0.25, 0.3) is 0 Å². The molecule has 3 aromatic carbocycles. The molecule has 1 aliphatic rings. The van der Waals surface area contributed by atoms with Crippen molar-refractivity contribution in [2.24, 2.45) is 0 Å². The summed E-state index contributed by atoms with van der Waals surface area (Å²) in [5, 5.41) is 0. The Hall–Kier alpha value is -3.85. The molecule has 2 nitrogen and oxygen atoms in total. The molecule has 3 aromatic rings. The number of benzene rings is 3. The molecule has 31 heavy (non-hydrogen) atoms. The van der Waals surface area contributed by atoms with Crippen LogP contribution in [0.4, 0.5) is 4.39 Å². The van der Waals surface area contributed by atoms with Crippen molar-refractivity contribution < 1.29 is 13.9 Å². The van der Waals surface area contributed by atoms with E-state index in [0.29, 0.717) is 6.42 Å². The molecule has 0 N–H and O–H groups in total. The van der Waals surface area contributed by atoms with Crippen molar-refractivity contribution in [2.45, 2.75) is 6.42 Å². The van der Waals surface area contributed by atoms with Crippen LogP contribution in [0.25, 0.3) is 11.5 Å². The molecule has 0 aromatic heterocycles. The lowest BCUT2D eigenvalue weighted by Crippen LogP contribution is -2.00. The highest BCUT2D eigenvalue weighted by Gasteiger charge is 2.15. The minimum Gasteiger partial charge on any atom is -0.497 e. The fourth-order valence-electron chi connectivity index (χ4n) is 3.30. The van der Waals surface area contributed by atoms with Gasteiger partial charge in [-0.25, -0.2) is 4.39 Å². The van der Waals surface area contributed by atoms with Crippen molar-refractivity contribution in [3.63, 3.8) is 0 Å². The van der Waals surface area contributed by atoms with Gasteiger partial charge in [0.15, 0.2) is 0 Å². The van der Waals surface area contributed by atoms with E-state index in [1.807, 2.05) is 85.0 Å². The first-order valence-electron chi connectivity index (χ1n) is 10.1. The fraction of sp³-hybridized carbons (Fsp3) is 0.0714. The monoisotopic (exact) mass is 410 g/mol. The summed E-state index contributed by atoms with van der Waals surface area (Å²) in [6, 6.07) is 26.5. The average molecular weight is 410 g/mol. The highest BCUT2D eigenvalue weighted by atomic mass is 19.1. The van der Waals surface area contributed by atoms with Gasteiger partial charge in [-0.3, -0.25) is 0 Å². The fourth-order valence-corrected chi connectivity index (χ4v) is 3.30. The summed E-state index contributed by atoms with van der Waals surface area (Å²) in [4.78, 5) is 0. The first-order chi connectivity index (χ1) is 15.2. The summed E-state index contributed by atoms with van der Waals surface area (Å²) in [6.07, 6.45) is 8.63. The Kier molecular flexibility index (Phi) is 6.44. The van der Waals surface area contributed by atoms with Crippen molar-refractivity contribution >= 4 is 11.5 Å². The average Bonchev–Trinajstić information content (AvgIpc) is 2.83. The summed E-state index contributed by atoms with van der Waals surface area (Å²) in [7, 11) is 1.65. The van der Waals surface area contributed by atoms with E-state index in [2.05, 4.69) is 0 Å². The Bertz CT molecular complexity index is 1080. The summed E-state index contributed by atoms with van der Waals surface area (Å²) in [5.41, 5.74) is 3.99. The lowest BCUT2D eigenvalue weighted by molar-refractivity contribution is 0.305. The molecule has 0 atom stereocenters. The second-order valence-corrected chi connectivity index (χ2v) is 7.14. The molecule has 0 amide bonds. The summed E-state index contributed by atoms with van der Waals surface area (Å²) >= 11 is 0. The third-order valence-corrected chi connectivity index (χ3v) is 4.93. The van der Waals surface area contributed by atoms with Crippen LogP contribution in [0, 0.1) is 5.82 Å². The zero-order chi connectivity index (χ0) is 21.5. The molecule has 0 radical (unpaired) electrons.